The highest BCUT2D eigenvalue weighted by Gasteiger charge is 1.90. The molecule has 0 saturated heterocycles. The normalized spacial score (nSPS) is 19.3. The second-order valence-corrected chi connectivity index (χ2v) is 3.08. The minimum atomic E-state index is 1.06. The van der Waals surface area contributed by atoms with Gasteiger partial charge in [-0.25, -0.2) is 0 Å². The van der Waals surface area contributed by atoms with Gasteiger partial charge in [0.15, 0.2) is 0 Å². The molecule has 2 heteroatoms. The van der Waals surface area contributed by atoms with Crippen molar-refractivity contribution in [3.63, 3.8) is 0 Å². The van der Waals surface area contributed by atoms with Crippen LogP contribution in [-0.2, 0) is 0 Å². The molecule has 0 aliphatic carbocycles. The van der Waals surface area contributed by atoms with Crippen molar-refractivity contribution in [1.82, 2.24) is 0 Å². The van der Waals surface area contributed by atoms with E-state index < -0.39 is 0 Å². The van der Waals surface area contributed by atoms with Crippen LogP contribution < -0.4 is 0 Å². The fourth-order valence-corrected chi connectivity index (χ4v) is 1.42. The number of halogens is 1. The lowest BCUT2D eigenvalue weighted by atomic mass is 10.4. The summed E-state index contributed by atoms with van der Waals surface area (Å²) in [7, 11) is 0. The Hall–Kier alpha value is 0.310. The predicted molar refractivity (Wildman–Crippen MR) is 38.4 cm³/mol. The molecule has 0 unspecified atom stereocenters. The van der Waals surface area contributed by atoms with Crippen LogP contribution in [0, 0.1) is 0 Å². The molecule has 0 spiro atoms. The molecule has 0 nitrogen and oxygen atoms in total. The van der Waals surface area contributed by atoms with Crippen LogP contribution in [0.5, 0.6) is 0 Å². The number of hydrogen-bond donors (Lipinski definition) is 0. The first kappa shape index (κ1) is 5.45. The van der Waals surface area contributed by atoms with Gasteiger partial charge in [0.05, 0.1) is 0 Å². The molecule has 0 N–H and O–H groups in total. The first-order chi connectivity index (χ1) is 3.39. The van der Waals surface area contributed by atoms with Crippen molar-refractivity contribution in [2.45, 2.75) is 6.42 Å². The Morgan fingerprint density at radius 3 is 2.86 bits per heavy atom. The van der Waals surface area contributed by atoms with E-state index >= 15 is 0 Å². The summed E-state index contributed by atoms with van der Waals surface area (Å²) in [6.07, 6.45) is 3.20. The highest BCUT2D eigenvalue weighted by molar-refractivity contribution is 9.11. The zero-order valence-electron chi connectivity index (χ0n) is 3.73. The van der Waals surface area contributed by atoms with Crippen molar-refractivity contribution in [1.29, 1.82) is 0 Å². The fraction of sp³-hybridized carbons (Fsp3) is 0.200. The number of thioether (sulfide) groups is 1. The van der Waals surface area contributed by atoms with Crippen molar-refractivity contribution in [2.75, 3.05) is 0 Å². The van der Waals surface area contributed by atoms with Gasteiger partial charge in [-0.3, -0.25) is 0 Å². The van der Waals surface area contributed by atoms with E-state index in [1.807, 2.05) is 0 Å². The third kappa shape index (κ3) is 1.70. The average molecular weight is 177 g/mol. The van der Waals surface area contributed by atoms with Crippen LogP contribution in [0.25, 0.3) is 0 Å². The first-order valence-electron chi connectivity index (χ1n) is 2.04. The summed E-state index contributed by atoms with van der Waals surface area (Å²) >= 11 is 5.09. The molecule has 0 amide bonds. The van der Waals surface area contributed by atoms with Gasteiger partial charge in [0, 0.05) is 4.48 Å². The Labute approximate surface area is 55.8 Å². The predicted octanol–water partition coefficient (Wildman–Crippen LogP) is 2.87. The quantitative estimate of drug-likeness (QED) is 0.548. The van der Waals surface area contributed by atoms with E-state index in [2.05, 4.69) is 32.8 Å². The Morgan fingerprint density at radius 1 is 1.71 bits per heavy atom. The third-order valence-corrected chi connectivity index (χ3v) is 2.31. The molecule has 0 aromatic rings. The molecule has 0 aromatic carbocycles. The number of allylic oxidation sites excluding steroid dienone is 2. The van der Waals surface area contributed by atoms with Gasteiger partial charge in [-0.2, -0.15) is 0 Å². The minimum absolute atomic E-state index is 1.06. The SMILES string of the molecule is BrC1=CSC=CC1. The van der Waals surface area contributed by atoms with Crippen LogP contribution in [0.3, 0.4) is 0 Å². The fourth-order valence-electron chi connectivity index (χ4n) is 0.377. The lowest BCUT2D eigenvalue weighted by molar-refractivity contribution is 1.38. The molecule has 1 heterocycles. The van der Waals surface area contributed by atoms with Crippen LogP contribution in [0.2, 0.25) is 0 Å². The molecule has 0 fully saturated rings. The molecule has 0 saturated carbocycles. The van der Waals surface area contributed by atoms with Gasteiger partial charge >= 0.3 is 0 Å². The highest BCUT2D eigenvalue weighted by Crippen LogP contribution is 2.22. The minimum Gasteiger partial charge on any atom is -0.106 e. The molecule has 0 bridgehead atoms. The van der Waals surface area contributed by atoms with E-state index in [0.29, 0.717) is 0 Å². The zero-order chi connectivity index (χ0) is 5.11. The van der Waals surface area contributed by atoms with Crippen molar-refractivity contribution in [3.05, 3.63) is 21.4 Å². The van der Waals surface area contributed by atoms with Gasteiger partial charge < -0.3 is 0 Å². The summed E-state index contributed by atoms with van der Waals surface area (Å²) in [5, 5.41) is 4.19. The zero-order valence-corrected chi connectivity index (χ0v) is 6.13. The van der Waals surface area contributed by atoms with E-state index in [-0.39, 0.29) is 0 Å². The van der Waals surface area contributed by atoms with Gasteiger partial charge in [0.25, 0.3) is 0 Å². The first-order valence-corrected chi connectivity index (χ1v) is 3.78. The van der Waals surface area contributed by atoms with Crippen molar-refractivity contribution in [2.24, 2.45) is 0 Å². The van der Waals surface area contributed by atoms with Crippen molar-refractivity contribution < 1.29 is 0 Å². The van der Waals surface area contributed by atoms with Crippen LogP contribution >= 0.6 is 27.7 Å². The Balaban J connectivity index is 2.50. The van der Waals surface area contributed by atoms with E-state index in [4.69, 9.17) is 0 Å². The topological polar surface area (TPSA) is 0 Å². The highest BCUT2D eigenvalue weighted by atomic mass is 79.9. The van der Waals surface area contributed by atoms with Gasteiger partial charge in [0.1, 0.15) is 0 Å². The maximum atomic E-state index is 3.38. The van der Waals surface area contributed by atoms with Gasteiger partial charge in [0.2, 0.25) is 0 Å². The average Bonchev–Trinajstić information content (AvgIpc) is 1.69. The largest absolute Gasteiger partial charge is 0.106 e. The number of hydrogen-bond acceptors (Lipinski definition) is 1. The summed E-state index contributed by atoms with van der Waals surface area (Å²) in [5.74, 6) is 0. The lowest BCUT2D eigenvalue weighted by Crippen LogP contribution is -1.68. The summed E-state index contributed by atoms with van der Waals surface area (Å²) in [5.41, 5.74) is 0. The smallest absolute Gasteiger partial charge is 0.00549 e. The Bertz CT molecular complexity index is 115. The summed E-state index contributed by atoms with van der Waals surface area (Å²) in [6.45, 7) is 0. The maximum Gasteiger partial charge on any atom is 0.00549 e. The van der Waals surface area contributed by atoms with E-state index in [0.717, 1.165) is 6.42 Å². The molecule has 0 aromatic heterocycles. The molecule has 0 radical (unpaired) electrons. The van der Waals surface area contributed by atoms with E-state index in [9.17, 15) is 0 Å². The van der Waals surface area contributed by atoms with E-state index in [1.54, 1.807) is 11.8 Å². The Kier molecular flexibility index (Phi) is 2.00. The summed E-state index contributed by atoms with van der Waals surface area (Å²) in [4.78, 5) is 0. The molecule has 1 aliphatic heterocycles. The standard InChI is InChI=1S/C5H5BrS/c6-5-2-1-3-7-4-5/h1,3-4H,2H2. The second kappa shape index (κ2) is 2.58. The molecule has 1 rings (SSSR count). The molecule has 7 heavy (non-hydrogen) atoms. The molecular formula is C5H5BrS. The maximum absolute atomic E-state index is 3.38. The van der Waals surface area contributed by atoms with Gasteiger partial charge in [-0.1, -0.05) is 22.0 Å². The molecule has 38 valence electrons. The van der Waals surface area contributed by atoms with E-state index in [1.165, 1.54) is 4.48 Å². The third-order valence-electron chi connectivity index (χ3n) is 0.684. The van der Waals surface area contributed by atoms with Crippen LogP contribution in [0.15, 0.2) is 21.4 Å². The van der Waals surface area contributed by atoms with Crippen molar-refractivity contribution in [3.8, 4) is 0 Å². The van der Waals surface area contributed by atoms with Crippen molar-refractivity contribution >= 4 is 27.7 Å². The van der Waals surface area contributed by atoms with Crippen LogP contribution in [0.1, 0.15) is 6.42 Å². The van der Waals surface area contributed by atoms with Crippen LogP contribution in [-0.4, -0.2) is 0 Å². The summed E-state index contributed by atoms with van der Waals surface area (Å²) < 4.78 is 1.28. The molecular weight excluding hydrogens is 172 g/mol. The molecule has 1 aliphatic rings. The Morgan fingerprint density at radius 2 is 2.57 bits per heavy atom. The summed E-state index contributed by atoms with van der Waals surface area (Å²) in [6, 6.07) is 0. The van der Waals surface area contributed by atoms with Gasteiger partial charge in [-0.15, -0.1) is 11.8 Å². The van der Waals surface area contributed by atoms with Crippen LogP contribution in [0.4, 0.5) is 0 Å². The lowest BCUT2D eigenvalue weighted by Gasteiger charge is -1.95. The second-order valence-electron chi connectivity index (χ2n) is 1.28. The molecule has 0 atom stereocenters. The van der Waals surface area contributed by atoms with Gasteiger partial charge in [-0.05, 0) is 17.2 Å². The monoisotopic (exact) mass is 176 g/mol. The number of rotatable bonds is 0.